The monoisotopic (exact) mass is 255 g/mol. The summed E-state index contributed by atoms with van der Waals surface area (Å²) < 4.78 is 13.3. The second-order valence-electron chi connectivity index (χ2n) is 4.87. The van der Waals surface area contributed by atoms with Crippen molar-refractivity contribution in [3.63, 3.8) is 0 Å². The van der Waals surface area contributed by atoms with Crippen molar-refractivity contribution in [1.29, 1.82) is 0 Å². The first-order valence-electron chi connectivity index (χ1n) is 5.75. The predicted molar refractivity (Wildman–Crippen MR) is 70.8 cm³/mol. The number of nitrogens with zero attached hydrogens (tertiary/aromatic N) is 2. The number of halogens is 1. The molecule has 2 N–H and O–H groups in total. The Morgan fingerprint density at radius 2 is 2.35 bits per heavy atom. The first-order chi connectivity index (χ1) is 8.02. The van der Waals surface area contributed by atoms with E-state index in [0.717, 1.165) is 30.2 Å². The van der Waals surface area contributed by atoms with Gasteiger partial charge in [0.1, 0.15) is 11.6 Å². The van der Waals surface area contributed by atoms with Gasteiger partial charge < -0.3 is 10.6 Å². The first kappa shape index (κ1) is 12.6. The minimum atomic E-state index is -0.320. The Morgan fingerprint density at radius 3 is 3.00 bits per heavy atom. The van der Waals surface area contributed by atoms with Gasteiger partial charge in [0.2, 0.25) is 0 Å². The molecule has 1 aliphatic rings. The average molecular weight is 255 g/mol. The third kappa shape index (κ3) is 2.90. The van der Waals surface area contributed by atoms with Crippen LogP contribution < -0.4 is 10.6 Å². The van der Waals surface area contributed by atoms with Gasteiger partial charge in [-0.1, -0.05) is 0 Å². The second kappa shape index (κ2) is 4.82. The third-order valence-corrected chi connectivity index (χ3v) is 4.15. The maximum atomic E-state index is 13.1. The standard InChI is InChI=1S/C12H18FN3S/c1-12(2)8-16(3-4-17-12)11-9(6-14)5-10(13)7-15-11/h5,7H,3-4,6,8,14H2,1-2H3. The third-order valence-electron chi connectivity index (χ3n) is 2.85. The van der Waals surface area contributed by atoms with E-state index in [9.17, 15) is 4.39 Å². The van der Waals surface area contributed by atoms with Crippen molar-refractivity contribution in [2.45, 2.75) is 25.1 Å². The van der Waals surface area contributed by atoms with Gasteiger partial charge in [-0.2, -0.15) is 11.8 Å². The molecule has 94 valence electrons. The summed E-state index contributed by atoms with van der Waals surface area (Å²) in [6, 6.07) is 1.48. The molecule has 0 spiro atoms. The van der Waals surface area contributed by atoms with Crippen LogP contribution in [-0.2, 0) is 6.54 Å². The zero-order valence-electron chi connectivity index (χ0n) is 10.2. The van der Waals surface area contributed by atoms with Crippen molar-refractivity contribution in [3.8, 4) is 0 Å². The van der Waals surface area contributed by atoms with Crippen LogP contribution in [0.4, 0.5) is 10.2 Å². The number of hydrogen-bond donors (Lipinski definition) is 1. The molecule has 1 fully saturated rings. The quantitative estimate of drug-likeness (QED) is 0.878. The van der Waals surface area contributed by atoms with Gasteiger partial charge >= 0.3 is 0 Å². The minimum absolute atomic E-state index is 0.209. The molecule has 0 unspecified atom stereocenters. The molecule has 17 heavy (non-hydrogen) atoms. The van der Waals surface area contributed by atoms with Crippen LogP contribution in [0.1, 0.15) is 19.4 Å². The molecule has 0 aliphatic carbocycles. The maximum Gasteiger partial charge on any atom is 0.141 e. The predicted octanol–water partition coefficient (Wildman–Crippen LogP) is 2.01. The molecular weight excluding hydrogens is 237 g/mol. The molecule has 2 rings (SSSR count). The summed E-state index contributed by atoms with van der Waals surface area (Å²) in [5, 5.41) is 0. The van der Waals surface area contributed by atoms with E-state index in [1.54, 1.807) is 0 Å². The number of anilines is 1. The molecule has 0 amide bonds. The van der Waals surface area contributed by atoms with Crippen LogP contribution in [-0.4, -0.2) is 28.6 Å². The van der Waals surface area contributed by atoms with Gasteiger partial charge in [0.15, 0.2) is 0 Å². The van der Waals surface area contributed by atoms with Crippen LogP contribution >= 0.6 is 11.8 Å². The van der Waals surface area contributed by atoms with E-state index in [2.05, 4.69) is 23.7 Å². The molecule has 0 saturated carbocycles. The summed E-state index contributed by atoms with van der Waals surface area (Å²) >= 11 is 1.96. The highest BCUT2D eigenvalue weighted by atomic mass is 32.2. The van der Waals surface area contributed by atoms with E-state index in [4.69, 9.17) is 5.73 Å². The van der Waals surface area contributed by atoms with Crippen molar-refractivity contribution in [3.05, 3.63) is 23.6 Å². The Bertz CT molecular complexity index is 409. The molecular formula is C12H18FN3S. The molecule has 3 nitrogen and oxygen atoms in total. The Hall–Kier alpha value is -0.810. The fraction of sp³-hybridized carbons (Fsp3) is 0.583. The van der Waals surface area contributed by atoms with E-state index in [1.807, 2.05) is 11.8 Å². The zero-order valence-corrected chi connectivity index (χ0v) is 11.1. The number of thioether (sulfide) groups is 1. The van der Waals surface area contributed by atoms with Crippen LogP contribution in [0.25, 0.3) is 0 Å². The van der Waals surface area contributed by atoms with Gasteiger partial charge in [-0.25, -0.2) is 9.37 Å². The largest absolute Gasteiger partial charge is 0.354 e. The summed E-state index contributed by atoms with van der Waals surface area (Å²) in [7, 11) is 0. The van der Waals surface area contributed by atoms with Gasteiger partial charge in [0.25, 0.3) is 0 Å². The lowest BCUT2D eigenvalue weighted by molar-refractivity contribution is 0.610. The van der Waals surface area contributed by atoms with Gasteiger partial charge in [-0.15, -0.1) is 0 Å². The van der Waals surface area contributed by atoms with Crippen LogP contribution in [0.2, 0.25) is 0 Å². The number of hydrogen-bond acceptors (Lipinski definition) is 4. The molecule has 0 aromatic carbocycles. The van der Waals surface area contributed by atoms with Gasteiger partial charge in [0.05, 0.1) is 6.20 Å². The molecule has 2 heterocycles. The molecule has 1 aromatic rings. The fourth-order valence-corrected chi connectivity index (χ4v) is 3.22. The van der Waals surface area contributed by atoms with Crippen LogP contribution in [0.15, 0.2) is 12.3 Å². The van der Waals surface area contributed by atoms with E-state index in [1.165, 1.54) is 12.3 Å². The lowest BCUT2D eigenvalue weighted by Gasteiger charge is -2.38. The van der Waals surface area contributed by atoms with Crippen molar-refractivity contribution < 1.29 is 4.39 Å². The van der Waals surface area contributed by atoms with Crippen LogP contribution in [0.3, 0.4) is 0 Å². The van der Waals surface area contributed by atoms with Crippen molar-refractivity contribution in [1.82, 2.24) is 4.98 Å². The highest BCUT2D eigenvalue weighted by Gasteiger charge is 2.28. The molecule has 0 atom stereocenters. The van der Waals surface area contributed by atoms with E-state index in [0.29, 0.717) is 6.54 Å². The van der Waals surface area contributed by atoms with E-state index in [-0.39, 0.29) is 10.6 Å². The summed E-state index contributed by atoms with van der Waals surface area (Å²) in [5.74, 6) is 1.58. The van der Waals surface area contributed by atoms with Crippen molar-refractivity contribution in [2.75, 3.05) is 23.7 Å². The molecule has 5 heteroatoms. The fourth-order valence-electron chi connectivity index (χ4n) is 2.11. The van der Waals surface area contributed by atoms with Gasteiger partial charge in [-0.3, -0.25) is 0 Å². The van der Waals surface area contributed by atoms with Crippen molar-refractivity contribution >= 4 is 17.6 Å². The summed E-state index contributed by atoms with van der Waals surface area (Å²) in [4.78, 5) is 6.41. The molecule has 1 aliphatic heterocycles. The van der Waals surface area contributed by atoms with E-state index < -0.39 is 0 Å². The Morgan fingerprint density at radius 1 is 1.59 bits per heavy atom. The van der Waals surface area contributed by atoms with Gasteiger partial charge in [0, 0.05) is 35.7 Å². The number of pyridine rings is 1. The lowest BCUT2D eigenvalue weighted by Crippen LogP contribution is -2.44. The highest BCUT2D eigenvalue weighted by molar-refractivity contribution is 8.00. The summed E-state index contributed by atoms with van der Waals surface area (Å²) in [6.07, 6.45) is 1.27. The molecule has 0 radical (unpaired) electrons. The molecule has 1 aromatic heterocycles. The first-order valence-corrected chi connectivity index (χ1v) is 6.74. The Labute approximate surface area is 106 Å². The average Bonchev–Trinajstić information content (AvgIpc) is 2.27. The van der Waals surface area contributed by atoms with Crippen LogP contribution in [0.5, 0.6) is 0 Å². The number of rotatable bonds is 2. The molecule has 1 saturated heterocycles. The van der Waals surface area contributed by atoms with Crippen LogP contribution in [0, 0.1) is 5.82 Å². The number of aromatic nitrogens is 1. The lowest BCUT2D eigenvalue weighted by atomic mass is 10.1. The highest BCUT2D eigenvalue weighted by Crippen LogP contribution is 2.32. The SMILES string of the molecule is CC1(C)CN(c2ncc(F)cc2CN)CCS1. The second-order valence-corrected chi connectivity index (χ2v) is 6.67. The zero-order chi connectivity index (χ0) is 12.5. The summed E-state index contributed by atoms with van der Waals surface area (Å²) in [6.45, 7) is 6.62. The maximum absolute atomic E-state index is 13.1. The van der Waals surface area contributed by atoms with Crippen molar-refractivity contribution in [2.24, 2.45) is 5.73 Å². The van der Waals surface area contributed by atoms with E-state index >= 15 is 0 Å². The normalized spacial score (nSPS) is 19.4. The Kier molecular flexibility index (Phi) is 3.58. The van der Waals surface area contributed by atoms with Gasteiger partial charge in [-0.05, 0) is 19.9 Å². The molecule has 0 bridgehead atoms. The minimum Gasteiger partial charge on any atom is -0.354 e. The summed E-state index contributed by atoms with van der Waals surface area (Å²) in [5.41, 5.74) is 6.44. The smallest absolute Gasteiger partial charge is 0.141 e. The Balaban J connectivity index is 2.27. The number of nitrogens with two attached hydrogens (primary N) is 1. The topological polar surface area (TPSA) is 42.2 Å².